The predicted molar refractivity (Wildman–Crippen MR) is 73.5 cm³/mol. The lowest BCUT2D eigenvalue weighted by atomic mass is 10.2. The van der Waals surface area contributed by atoms with Gasteiger partial charge in [-0.1, -0.05) is 13.8 Å². The van der Waals surface area contributed by atoms with Crippen LogP contribution >= 0.6 is 0 Å². The van der Waals surface area contributed by atoms with Crippen LogP contribution in [-0.4, -0.2) is 32.4 Å². The highest BCUT2D eigenvalue weighted by atomic mass is 32.2. The molecular formula is C12H21N3O2S. The topological polar surface area (TPSA) is 89.4 Å². The Morgan fingerprint density at radius 1 is 1.22 bits per heavy atom. The van der Waals surface area contributed by atoms with Crippen molar-refractivity contribution in [2.75, 3.05) is 25.4 Å². The summed E-state index contributed by atoms with van der Waals surface area (Å²) in [4.78, 5) is 0.255. The van der Waals surface area contributed by atoms with Gasteiger partial charge < -0.3 is 11.5 Å². The van der Waals surface area contributed by atoms with Gasteiger partial charge in [0.05, 0.1) is 4.90 Å². The minimum atomic E-state index is -3.48. The van der Waals surface area contributed by atoms with Crippen LogP contribution in [0.15, 0.2) is 29.2 Å². The third-order valence-corrected chi connectivity index (χ3v) is 4.34. The van der Waals surface area contributed by atoms with Crippen LogP contribution in [0.5, 0.6) is 0 Å². The average Bonchev–Trinajstić information content (AvgIpc) is 2.28. The molecule has 5 nitrogen and oxygen atoms in total. The molecule has 1 aromatic rings. The average molecular weight is 271 g/mol. The zero-order valence-corrected chi connectivity index (χ0v) is 11.7. The van der Waals surface area contributed by atoms with E-state index in [0.29, 0.717) is 25.3 Å². The van der Waals surface area contributed by atoms with Gasteiger partial charge in [0.25, 0.3) is 0 Å². The number of hydrogen-bond donors (Lipinski definition) is 2. The smallest absolute Gasteiger partial charge is 0.243 e. The second kappa shape index (κ2) is 6.17. The van der Waals surface area contributed by atoms with Crippen LogP contribution in [-0.2, 0) is 10.0 Å². The predicted octanol–water partition coefficient (Wildman–Crippen LogP) is 0.874. The van der Waals surface area contributed by atoms with Gasteiger partial charge in [-0.15, -0.1) is 0 Å². The lowest BCUT2D eigenvalue weighted by Gasteiger charge is -2.23. The van der Waals surface area contributed by atoms with E-state index in [4.69, 9.17) is 11.5 Å². The SMILES string of the molecule is CC(C)CN(CCN)S(=O)(=O)c1ccc(N)cc1. The molecule has 0 unspecified atom stereocenters. The number of benzene rings is 1. The van der Waals surface area contributed by atoms with Crippen LogP contribution in [0, 0.1) is 5.92 Å². The van der Waals surface area contributed by atoms with E-state index in [-0.39, 0.29) is 10.8 Å². The van der Waals surface area contributed by atoms with Crippen molar-refractivity contribution in [3.63, 3.8) is 0 Å². The molecule has 0 heterocycles. The number of sulfonamides is 1. The fourth-order valence-electron chi connectivity index (χ4n) is 1.65. The highest BCUT2D eigenvalue weighted by molar-refractivity contribution is 7.89. The summed E-state index contributed by atoms with van der Waals surface area (Å²) < 4.78 is 26.2. The molecule has 0 bridgehead atoms. The Morgan fingerprint density at radius 3 is 2.22 bits per heavy atom. The summed E-state index contributed by atoms with van der Waals surface area (Å²) in [5.41, 5.74) is 11.6. The van der Waals surface area contributed by atoms with Crippen molar-refractivity contribution in [2.45, 2.75) is 18.7 Å². The first-order valence-corrected chi connectivity index (χ1v) is 7.37. The van der Waals surface area contributed by atoms with E-state index in [0.717, 1.165) is 0 Å². The van der Waals surface area contributed by atoms with Crippen LogP contribution in [0.25, 0.3) is 0 Å². The van der Waals surface area contributed by atoms with Crippen LogP contribution in [0.3, 0.4) is 0 Å². The van der Waals surface area contributed by atoms with Gasteiger partial charge in [-0.3, -0.25) is 0 Å². The van der Waals surface area contributed by atoms with Crippen molar-refractivity contribution in [1.82, 2.24) is 4.31 Å². The highest BCUT2D eigenvalue weighted by Gasteiger charge is 2.24. The van der Waals surface area contributed by atoms with Gasteiger partial charge in [0.1, 0.15) is 0 Å². The van der Waals surface area contributed by atoms with Crippen molar-refractivity contribution in [3.8, 4) is 0 Å². The molecule has 0 aliphatic rings. The number of hydrogen-bond acceptors (Lipinski definition) is 4. The molecule has 0 radical (unpaired) electrons. The lowest BCUT2D eigenvalue weighted by molar-refractivity contribution is 0.373. The number of nitrogens with zero attached hydrogens (tertiary/aromatic N) is 1. The molecule has 6 heteroatoms. The third kappa shape index (κ3) is 3.69. The quantitative estimate of drug-likeness (QED) is 0.751. The molecule has 0 fully saturated rings. The van der Waals surface area contributed by atoms with Gasteiger partial charge in [0.15, 0.2) is 0 Å². The molecule has 0 aliphatic heterocycles. The lowest BCUT2D eigenvalue weighted by Crippen LogP contribution is -2.37. The Labute approximate surface area is 109 Å². The summed E-state index contributed by atoms with van der Waals surface area (Å²) >= 11 is 0. The molecule has 102 valence electrons. The van der Waals surface area contributed by atoms with E-state index >= 15 is 0 Å². The fourth-order valence-corrected chi connectivity index (χ4v) is 3.27. The van der Waals surface area contributed by atoms with E-state index in [9.17, 15) is 8.42 Å². The molecule has 0 aliphatic carbocycles. The van der Waals surface area contributed by atoms with E-state index < -0.39 is 10.0 Å². The summed E-state index contributed by atoms with van der Waals surface area (Å²) in [7, 11) is -3.48. The first-order chi connectivity index (χ1) is 8.37. The Bertz CT molecular complexity index is 469. The monoisotopic (exact) mass is 271 g/mol. The third-order valence-electron chi connectivity index (χ3n) is 2.47. The van der Waals surface area contributed by atoms with Crippen molar-refractivity contribution in [2.24, 2.45) is 11.7 Å². The Morgan fingerprint density at radius 2 is 1.78 bits per heavy atom. The largest absolute Gasteiger partial charge is 0.399 e. The van der Waals surface area contributed by atoms with Gasteiger partial charge in [-0.05, 0) is 30.2 Å². The Balaban J connectivity index is 3.04. The first kappa shape index (κ1) is 14.9. The molecule has 0 spiro atoms. The number of rotatable bonds is 6. The Hall–Kier alpha value is -1.11. The fraction of sp³-hybridized carbons (Fsp3) is 0.500. The van der Waals surface area contributed by atoms with E-state index in [2.05, 4.69) is 0 Å². The molecule has 18 heavy (non-hydrogen) atoms. The van der Waals surface area contributed by atoms with Crippen molar-refractivity contribution in [1.29, 1.82) is 0 Å². The molecule has 0 saturated heterocycles. The van der Waals surface area contributed by atoms with Gasteiger partial charge in [0.2, 0.25) is 10.0 Å². The molecular weight excluding hydrogens is 250 g/mol. The minimum Gasteiger partial charge on any atom is -0.399 e. The summed E-state index contributed by atoms with van der Waals surface area (Å²) in [6.07, 6.45) is 0. The van der Waals surface area contributed by atoms with Gasteiger partial charge in [-0.25, -0.2) is 8.42 Å². The standard InChI is InChI=1S/C12H21N3O2S/c1-10(2)9-15(8-7-13)18(16,17)12-5-3-11(14)4-6-12/h3-6,10H,7-9,13-14H2,1-2H3. The van der Waals surface area contributed by atoms with Crippen LogP contribution < -0.4 is 11.5 Å². The zero-order chi connectivity index (χ0) is 13.8. The summed E-state index contributed by atoms with van der Waals surface area (Å²) in [6, 6.07) is 6.22. The minimum absolute atomic E-state index is 0.250. The molecule has 0 amide bonds. The Kier molecular flexibility index (Phi) is 5.13. The number of nitrogens with two attached hydrogens (primary N) is 2. The van der Waals surface area contributed by atoms with Crippen molar-refractivity contribution < 1.29 is 8.42 Å². The van der Waals surface area contributed by atoms with Crippen LogP contribution in [0.4, 0.5) is 5.69 Å². The maximum atomic E-state index is 12.4. The number of nitrogen functional groups attached to an aromatic ring is 1. The van der Waals surface area contributed by atoms with Gasteiger partial charge in [0, 0.05) is 25.3 Å². The van der Waals surface area contributed by atoms with E-state index in [1.807, 2.05) is 13.8 Å². The normalized spacial score (nSPS) is 12.3. The van der Waals surface area contributed by atoms with E-state index in [1.54, 1.807) is 12.1 Å². The van der Waals surface area contributed by atoms with Gasteiger partial charge in [-0.2, -0.15) is 4.31 Å². The summed E-state index contributed by atoms with van der Waals surface area (Å²) in [5.74, 6) is 0.250. The van der Waals surface area contributed by atoms with Gasteiger partial charge >= 0.3 is 0 Å². The molecule has 4 N–H and O–H groups in total. The van der Waals surface area contributed by atoms with Crippen molar-refractivity contribution in [3.05, 3.63) is 24.3 Å². The zero-order valence-electron chi connectivity index (χ0n) is 10.8. The summed E-state index contributed by atoms with van der Waals surface area (Å²) in [6.45, 7) is 5.04. The summed E-state index contributed by atoms with van der Waals surface area (Å²) in [5, 5.41) is 0. The molecule has 0 atom stereocenters. The van der Waals surface area contributed by atoms with Crippen molar-refractivity contribution >= 4 is 15.7 Å². The maximum absolute atomic E-state index is 12.4. The van der Waals surface area contributed by atoms with Crippen LogP contribution in [0.1, 0.15) is 13.8 Å². The molecule has 0 aromatic heterocycles. The molecule has 1 rings (SSSR count). The van der Waals surface area contributed by atoms with E-state index in [1.165, 1.54) is 16.4 Å². The first-order valence-electron chi connectivity index (χ1n) is 5.93. The number of anilines is 1. The maximum Gasteiger partial charge on any atom is 0.243 e. The van der Waals surface area contributed by atoms with Crippen LogP contribution in [0.2, 0.25) is 0 Å². The highest BCUT2D eigenvalue weighted by Crippen LogP contribution is 2.18. The molecule has 1 aromatic carbocycles. The second-order valence-corrected chi connectivity index (χ2v) is 6.55. The second-order valence-electron chi connectivity index (χ2n) is 4.61. The molecule has 0 saturated carbocycles.